The molecule has 1 heterocycles. The van der Waals surface area contributed by atoms with Gasteiger partial charge in [0, 0.05) is 11.3 Å². The second-order valence-corrected chi connectivity index (χ2v) is 11.7. The van der Waals surface area contributed by atoms with E-state index >= 15 is 0 Å². The summed E-state index contributed by atoms with van der Waals surface area (Å²) < 4.78 is 0. The predicted octanol–water partition coefficient (Wildman–Crippen LogP) is 7.22. The molecule has 3 aromatic carbocycles. The van der Waals surface area contributed by atoms with E-state index in [9.17, 15) is 14.7 Å². The molecule has 1 saturated heterocycles. The first-order valence-corrected chi connectivity index (χ1v) is 12.4. The van der Waals surface area contributed by atoms with Crippen molar-refractivity contribution in [3.8, 4) is 0 Å². The third-order valence-corrected chi connectivity index (χ3v) is 6.87. The van der Waals surface area contributed by atoms with Crippen LogP contribution >= 0.6 is 0 Å². The fraction of sp³-hybridized carbons (Fsp3) is 0.312. The van der Waals surface area contributed by atoms with Crippen LogP contribution in [0.1, 0.15) is 75.4 Å². The van der Waals surface area contributed by atoms with Gasteiger partial charge in [-0.3, -0.25) is 14.5 Å². The van der Waals surface area contributed by atoms with Crippen LogP contribution in [0, 0.1) is 6.92 Å². The number of anilines is 1. The maximum absolute atomic E-state index is 13.4. The van der Waals surface area contributed by atoms with E-state index in [4.69, 9.17) is 0 Å². The predicted molar refractivity (Wildman–Crippen MR) is 146 cm³/mol. The number of Topliss-reactive ketones (excluding diaryl/α,β-unsaturated/α-hetero) is 1. The molecule has 3 aromatic rings. The summed E-state index contributed by atoms with van der Waals surface area (Å²) in [6.07, 6.45) is 0. The third kappa shape index (κ3) is 4.73. The number of ketones is 1. The Bertz CT molecular complexity index is 1320. The normalized spacial score (nSPS) is 18.1. The number of hydrogen-bond donors (Lipinski definition) is 1. The van der Waals surface area contributed by atoms with Crippen LogP contribution in [0.5, 0.6) is 0 Å². The van der Waals surface area contributed by atoms with E-state index in [1.54, 1.807) is 12.1 Å². The minimum atomic E-state index is -0.735. The van der Waals surface area contributed by atoms with Gasteiger partial charge in [0.2, 0.25) is 0 Å². The molecule has 0 bridgehead atoms. The summed E-state index contributed by atoms with van der Waals surface area (Å²) in [7, 11) is 0. The molecule has 4 heteroatoms. The molecule has 1 atom stereocenters. The molecule has 0 radical (unpaired) electrons. The number of aliphatic hydroxyl groups is 1. The Morgan fingerprint density at radius 3 is 1.67 bits per heavy atom. The van der Waals surface area contributed by atoms with Crippen molar-refractivity contribution < 1.29 is 14.7 Å². The van der Waals surface area contributed by atoms with Crippen molar-refractivity contribution >= 4 is 23.1 Å². The number of benzene rings is 3. The fourth-order valence-electron chi connectivity index (χ4n) is 4.57. The van der Waals surface area contributed by atoms with Crippen molar-refractivity contribution in [2.75, 3.05) is 4.90 Å². The molecule has 4 rings (SSSR count). The summed E-state index contributed by atoms with van der Waals surface area (Å²) >= 11 is 0. The molecule has 1 fully saturated rings. The van der Waals surface area contributed by atoms with Gasteiger partial charge in [-0.25, -0.2) is 0 Å². The average Bonchev–Trinajstić information content (AvgIpc) is 3.08. The summed E-state index contributed by atoms with van der Waals surface area (Å²) in [5.74, 6) is -1.48. The summed E-state index contributed by atoms with van der Waals surface area (Å²) in [6, 6.07) is 22.3. The second-order valence-electron chi connectivity index (χ2n) is 11.7. The van der Waals surface area contributed by atoms with Crippen molar-refractivity contribution in [2.45, 2.75) is 65.3 Å². The molecule has 1 unspecified atom stereocenters. The van der Waals surface area contributed by atoms with Gasteiger partial charge in [-0.2, -0.15) is 0 Å². The van der Waals surface area contributed by atoms with Gasteiger partial charge in [-0.1, -0.05) is 108 Å². The summed E-state index contributed by atoms with van der Waals surface area (Å²) in [4.78, 5) is 28.3. The van der Waals surface area contributed by atoms with E-state index in [0.29, 0.717) is 11.3 Å². The van der Waals surface area contributed by atoms with E-state index in [0.717, 1.165) is 22.3 Å². The maximum Gasteiger partial charge on any atom is 0.300 e. The van der Waals surface area contributed by atoms with Gasteiger partial charge in [0.15, 0.2) is 0 Å². The zero-order valence-corrected chi connectivity index (χ0v) is 22.2. The van der Waals surface area contributed by atoms with Crippen LogP contribution < -0.4 is 4.90 Å². The number of hydrogen-bond acceptors (Lipinski definition) is 3. The summed E-state index contributed by atoms with van der Waals surface area (Å²) in [5, 5.41) is 11.3. The molecule has 1 aliphatic rings. The van der Waals surface area contributed by atoms with Gasteiger partial charge in [-0.15, -0.1) is 0 Å². The van der Waals surface area contributed by atoms with Gasteiger partial charge in [-0.05, 0) is 46.6 Å². The monoisotopic (exact) mass is 481 g/mol. The number of rotatable bonds is 3. The second kappa shape index (κ2) is 9.09. The molecular formula is C32H35NO3. The van der Waals surface area contributed by atoms with E-state index in [2.05, 4.69) is 41.5 Å². The quantitative estimate of drug-likeness (QED) is 0.244. The van der Waals surface area contributed by atoms with E-state index in [1.165, 1.54) is 4.90 Å². The Morgan fingerprint density at radius 1 is 0.722 bits per heavy atom. The van der Waals surface area contributed by atoms with Crippen molar-refractivity contribution in [1.82, 2.24) is 0 Å². The van der Waals surface area contributed by atoms with Gasteiger partial charge in [0.1, 0.15) is 5.76 Å². The first-order chi connectivity index (χ1) is 16.8. The lowest BCUT2D eigenvalue weighted by Crippen LogP contribution is -2.29. The van der Waals surface area contributed by atoms with Crippen LogP contribution in [-0.4, -0.2) is 16.8 Å². The highest BCUT2D eigenvalue weighted by Crippen LogP contribution is 2.43. The number of aliphatic hydroxyl groups excluding tert-OH is 1. The van der Waals surface area contributed by atoms with Gasteiger partial charge < -0.3 is 5.11 Å². The molecule has 0 aliphatic carbocycles. The Kier molecular flexibility index (Phi) is 6.42. The van der Waals surface area contributed by atoms with Crippen LogP contribution in [0.15, 0.2) is 78.4 Å². The third-order valence-electron chi connectivity index (χ3n) is 6.87. The van der Waals surface area contributed by atoms with Crippen molar-refractivity contribution in [1.29, 1.82) is 0 Å². The van der Waals surface area contributed by atoms with Crippen LogP contribution in [0.25, 0.3) is 5.76 Å². The highest BCUT2D eigenvalue weighted by molar-refractivity contribution is 6.51. The van der Waals surface area contributed by atoms with Crippen LogP contribution in [0.3, 0.4) is 0 Å². The average molecular weight is 482 g/mol. The highest BCUT2D eigenvalue weighted by Gasteiger charge is 2.47. The molecule has 4 nitrogen and oxygen atoms in total. The molecule has 1 N–H and O–H groups in total. The van der Waals surface area contributed by atoms with Crippen molar-refractivity contribution in [3.63, 3.8) is 0 Å². The van der Waals surface area contributed by atoms with E-state index in [-0.39, 0.29) is 22.2 Å². The van der Waals surface area contributed by atoms with E-state index < -0.39 is 17.7 Å². The number of carbonyl (C=O) groups excluding carboxylic acids is 2. The Balaban J connectivity index is 1.90. The Hall–Kier alpha value is -3.66. The Morgan fingerprint density at radius 2 is 1.19 bits per heavy atom. The largest absolute Gasteiger partial charge is 0.507 e. The number of nitrogens with zero attached hydrogens (tertiary/aromatic N) is 1. The number of carbonyl (C=O) groups is 2. The molecular weight excluding hydrogens is 446 g/mol. The number of amides is 1. The van der Waals surface area contributed by atoms with E-state index in [1.807, 2.05) is 67.6 Å². The zero-order valence-electron chi connectivity index (χ0n) is 22.2. The lowest BCUT2D eigenvalue weighted by atomic mass is 9.85. The maximum atomic E-state index is 13.4. The topological polar surface area (TPSA) is 57.6 Å². The van der Waals surface area contributed by atoms with Gasteiger partial charge in [0.05, 0.1) is 11.6 Å². The Labute approximate surface area is 214 Å². The molecule has 0 spiro atoms. The lowest BCUT2D eigenvalue weighted by molar-refractivity contribution is -0.132. The molecule has 186 valence electrons. The first kappa shape index (κ1) is 25.4. The van der Waals surface area contributed by atoms with Crippen molar-refractivity contribution in [3.05, 3.63) is 106 Å². The standard InChI is InChI=1S/C32H35NO3/c1-20-8-10-22(11-9-20)28(34)26-27(21-12-14-23(15-13-21)31(2,3)4)33(30(36)29(26)35)25-18-16-24(17-19-25)32(5,6)7/h8-19,27,34H,1-7H3/b28-26-. The lowest BCUT2D eigenvalue weighted by Gasteiger charge is -2.27. The van der Waals surface area contributed by atoms with Crippen molar-refractivity contribution in [2.24, 2.45) is 0 Å². The minimum absolute atomic E-state index is 0.0367. The van der Waals surface area contributed by atoms with Gasteiger partial charge >= 0.3 is 0 Å². The van der Waals surface area contributed by atoms with Crippen LogP contribution in [-0.2, 0) is 20.4 Å². The molecule has 0 aromatic heterocycles. The van der Waals surface area contributed by atoms with Crippen LogP contribution in [0.2, 0.25) is 0 Å². The molecule has 1 aliphatic heterocycles. The molecule has 1 amide bonds. The van der Waals surface area contributed by atoms with Gasteiger partial charge in [0.25, 0.3) is 11.7 Å². The molecule has 0 saturated carbocycles. The molecule has 36 heavy (non-hydrogen) atoms. The SMILES string of the molecule is Cc1ccc(/C(O)=C2/C(=O)C(=O)N(c3ccc(C(C)(C)C)cc3)C2c2ccc(C(C)(C)C)cc2)cc1. The summed E-state index contributed by atoms with van der Waals surface area (Å²) in [5.41, 5.74) is 5.26. The van der Waals surface area contributed by atoms with Crippen LogP contribution in [0.4, 0.5) is 5.69 Å². The zero-order chi connectivity index (χ0) is 26.4. The fourth-order valence-corrected chi connectivity index (χ4v) is 4.57. The first-order valence-electron chi connectivity index (χ1n) is 12.4. The smallest absolute Gasteiger partial charge is 0.300 e. The number of aryl methyl sites for hydroxylation is 1. The minimum Gasteiger partial charge on any atom is -0.507 e. The highest BCUT2D eigenvalue weighted by atomic mass is 16.3. The summed E-state index contributed by atoms with van der Waals surface area (Å²) in [6.45, 7) is 14.8.